The van der Waals surface area contributed by atoms with Crippen molar-refractivity contribution in [2.75, 3.05) is 20.1 Å². The van der Waals surface area contributed by atoms with E-state index in [-0.39, 0.29) is 11.9 Å². The van der Waals surface area contributed by atoms with Gasteiger partial charge >= 0.3 is 0 Å². The Hall–Kier alpha value is -1.23. The van der Waals surface area contributed by atoms with E-state index in [1.165, 1.54) is 10.9 Å². The molecule has 1 atom stereocenters. The van der Waals surface area contributed by atoms with Gasteiger partial charge in [0.2, 0.25) is 0 Å². The number of rotatable bonds is 6. The Morgan fingerprint density at radius 2 is 2.15 bits per heavy atom. The van der Waals surface area contributed by atoms with Gasteiger partial charge in [0.05, 0.1) is 0 Å². The maximum absolute atomic E-state index is 14.0. The summed E-state index contributed by atoms with van der Waals surface area (Å²) < 4.78 is 14.0. The summed E-state index contributed by atoms with van der Waals surface area (Å²) in [5, 5.41) is 2.08. The lowest BCUT2D eigenvalue weighted by atomic mass is 10.0. The number of aryl methyl sites for hydroxylation is 1. The van der Waals surface area contributed by atoms with Crippen LogP contribution >= 0.6 is 11.3 Å². The van der Waals surface area contributed by atoms with Crippen LogP contribution in [-0.2, 0) is 6.42 Å². The topological polar surface area (TPSA) is 29.3 Å². The van der Waals surface area contributed by atoms with E-state index < -0.39 is 0 Å². The molecule has 2 nitrogen and oxygen atoms in total. The van der Waals surface area contributed by atoms with E-state index in [0.29, 0.717) is 12.1 Å². The standard InChI is InChI=1S/C16H21FN2S/c1-12-5-6-15(17)14(10-12)16(11-18)19(2)8-7-13-4-3-9-20-13/h3-6,9-10,16H,7-8,11,18H2,1-2H3. The quantitative estimate of drug-likeness (QED) is 0.884. The van der Waals surface area contributed by atoms with Crippen molar-refractivity contribution in [3.63, 3.8) is 0 Å². The van der Waals surface area contributed by atoms with Crippen LogP contribution in [0.15, 0.2) is 35.7 Å². The Morgan fingerprint density at radius 3 is 2.80 bits per heavy atom. The molecule has 2 rings (SSSR count). The number of hydrogen-bond donors (Lipinski definition) is 1. The molecule has 0 aliphatic rings. The fourth-order valence-electron chi connectivity index (χ4n) is 2.36. The van der Waals surface area contributed by atoms with Gasteiger partial charge in [-0.05, 0) is 37.9 Å². The molecule has 2 N–H and O–H groups in total. The van der Waals surface area contributed by atoms with Gasteiger partial charge in [0.1, 0.15) is 5.82 Å². The third-order valence-corrected chi connectivity index (χ3v) is 4.49. The van der Waals surface area contributed by atoms with Crippen molar-refractivity contribution in [2.24, 2.45) is 5.73 Å². The minimum absolute atomic E-state index is 0.0742. The van der Waals surface area contributed by atoms with Gasteiger partial charge in [0.15, 0.2) is 0 Å². The van der Waals surface area contributed by atoms with E-state index in [4.69, 9.17) is 5.73 Å². The van der Waals surface area contributed by atoms with Crippen LogP contribution in [0.3, 0.4) is 0 Å². The molecule has 1 aromatic carbocycles. The van der Waals surface area contributed by atoms with E-state index in [1.807, 2.05) is 20.0 Å². The van der Waals surface area contributed by atoms with E-state index >= 15 is 0 Å². The van der Waals surface area contributed by atoms with Gasteiger partial charge < -0.3 is 5.73 Å². The number of nitrogens with zero attached hydrogens (tertiary/aromatic N) is 1. The molecule has 0 radical (unpaired) electrons. The summed E-state index contributed by atoms with van der Waals surface area (Å²) in [5.41, 5.74) is 7.63. The van der Waals surface area contributed by atoms with E-state index in [9.17, 15) is 4.39 Å². The molecule has 0 bridgehead atoms. The SMILES string of the molecule is Cc1ccc(F)c(C(CN)N(C)CCc2cccs2)c1. The van der Waals surface area contributed by atoms with Crippen LogP contribution in [0.5, 0.6) is 0 Å². The lowest BCUT2D eigenvalue weighted by Gasteiger charge is -2.27. The molecule has 1 unspecified atom stereocenters. The summed E-state index contributed by atoms with van der Waals surface area (Å²) in [7, 11) is 2.01. The van der Waals surface area contributed by atoms with Crippen molar-refractivity contribution in [3.8, 4) is 0 Å². The van der Waals surface area contributed by atoms with Gasteiger partial charge in [-0.2, -0.15) is 0 Å². The van der Waals surface area contributed by atoms with Crippen LogP contribution in [0, 0.1) is 12.7 Å². The molecule has 108 valence electrons. The molecule has 0 saturated carbocycles. The highest BCUT2D eigenvalue weighted by Gasteiger charge is 2.19. The number of benzene rings is 1. The molecule has 4 heteroatoms. The summed E-state index contributed by atoms with van der Waals surface area (Å²) in [4.78, 5) is 3.48. The Bertz CT molecular complexity index is 539. The molecular formula is C16H21FN2S. The van der Waals surface area contributed by atoms with Crippen molar-refractivity contribution in [1.82, 2.24) is 4.90 Å². The first-order chi connectivity index (χ1) is 9.61. The first kappa shape index (κ1) is 15.2. The number of hydrogen-bond acceptors (Lipinski definition) is 3. The van der Waals surface area contributed by atoms with Crippen LogP contribution in [-0.4, -0.2) is 25.0 Å². The molecule has 1 aromatic heterocycles. The second kappa shape index (κ2) is 6.97. The molecule has 1 heterocycles. The van der Waals surface area contributed by atoms with Crippen LogP contribution in [0.1, 0.15) is 22.0 Å². The average Bonchev–Trinajstić information content (AvgIpc) is 2.94. The first-order valence-electron chi connectivity index (χ1n) is 6.80. The van der Waals surface area contributed by atoms with Crippen LogP contribution in [0.25, 0.3) is 0 Å². The van der Waals surface area contributed by atoms with Gasteiger partial charge in [-0.25, -0.2) is 4.39 Å². The van der Waals surface area contributed by atoms with Gasteiger partial charge in [-0.3, -0.25) is 4.90 Å². The van der Waals surface area contributed by atoms with Crippen molar-refractivity contribution in [3.05, 3.63) is 57.5 Å². The fourth-order valence-corrected chi connectivity index (χ4v) is 3.06. The predicted octanol–water partition coefficient (Wildman–Crippen LogP) is 3.37. The third-order valence-electron chi connectivity index (χ3n) is 3.56. The molecular weight excluding hydrogens is 271 g/mol. The van der Waals surface area contributed by atoms with Crippen LogP contribution in [0.4, 0.5) is 4.39 Å². The van der Waals surface area contributed by atoms with E-state index in [1.54, 1.807) is 17.4 Å². The molecule has 0 fully saturated rings. The zero-order chi connectivity index (χ0) is 14.5. The zero-order valence-electron chi connectivity index (χ0n) is 12.0. The van der Waals surface area contributed by atoms with Gasteiger partial charge in [-0.15, -0.1) is 11.3 Å². The highest BCUT2D eigenvalue weighted by molar-refractivity contribution is 7.09. The predicted molar refractivity (Wildman–Crippen MR) is 83.6 cm³/mol. The first-order valence-corrected chi connectivity index (χ1v) is 7.68. The number of nitrogens with two attached hydrogens (primary N) is 1. The minimum atomic E-state index is -0.172. The summed E-state index contributed by atoms with van der Waals surface area (Å²) in [6.07, 6.45) is 0.970. The van der Waals surface area contributed by atoms with Crippen molar-refractivity contribution in [2.45, 2.75) is 19.4 Å². The molecule has 2 aromatic rings. The Labute approximate surface area is 124 Å². The lowest BCUT2D eigenvalue weighted by molar-refractivity contribution is 0.248. The number of halogens is 1. The van der Waals surface area contributed by atoms with E-state index in [0.717, 1.165) is 18.5 Å². The second-order valence-electron chi connectivity index (χ2n) is 5.09. The van der Waals surface area contributed by atoms with Gasteiger partial charge in [0, 0.05) is 29.6 Å². The minimum Gasteiger partial charge on any atom is -0.329 e. The Morgan fingerprint density at radius 1 is 1.35 bits per heavy atom. The average molecular weight is 292 g/mol. The summed E-state index contributed by atoms with van der Waals surface area (Å²) in [6.45, 7) is 3.26. The third kappa shape index (κ3) is 3.66. The molecule has 0 aliphatic carbocycles. The van der Waals surface area contributed by atoms with Crippen molar-refractivity contribution in [1.29, 1.82) is 0 Å². The summed E-state index contributed by atoms with van der Waals surface area (Å²) >= 11 is 1.75. The van der Waals surface area contributed by atoms with Gasteiger partial charge in [0.25, 0.3) is 0 Å². The second-order valence-corrected chi connectivity index (χ2v) is 6.12. The monoisotopic (exact) mass is 292 g/mol. The summed E-state index contributed by atoms with van der Waals surface area (Å²) in [5.74, 6) is -0.172. The maximum Gasteiger partial charge on any atom is 0.128 e. The zero-order valence-corrected chi connectivity index (χ0v) is 12.8. The molecule has 0 spiro atoms. The Kier molecular flexibility index (Phi) is 5.29. The van der Waals surface area contributed by atoms with Crippen molar-refractivity contribution < 1.29 is 4.39 Å². The number of thiophene rings is 1. The van der Waals surface area contributed by atoms with E-state index in [2.05, 4.69) is 22.4 Å². The highest BCUT2D eigenvalue weighted by atomic mass is 32.1. The molecule has 0 saturated heterocycles. The molecule has 0 amide bonds. The molecule has 0 aliphatic heterocycles. The van der Waals surface area contributed by atoms with Gasteiger partial charge in [-0.1, -0.05) is 23.8 Å². The molecule has 20 heavy (non-hydrogen) atoms. The number of likely N-dealkylation sites (N-methyl/N-ethyl adjacent to an activating group) is 1. The fraction of sp³-hybridized carbons (Fsp3) is 0.375. The smallest absolute Gasteiger partial charge is 0.128 e. The van der Waals surface area contributed by atoms with Crippen LogP contribution in [0.2, 0.25) is 0 Å². The maximum atomic E-state index is 14.0. The lowest BCUT2D eigenvalue weighted by Crippen LogP contribution is -2.32. The highest BCUT2D eigenvalue weighted by Crippen LogP contribution is 2.23. The Balaban J connectivity index is 2.08. The summed E-state index contributed by atoms with van der Waals surface area (Å²) in [6, 6.07) is 9.33. The normalized spacial score (nSPS) is 12.8. The van der Waals surface area contributed by atoms with Crippen LogP contribution < -0.4 is 5.73 Å². The van der Waals surface area contributed by atoms with Crippen molar-refractivity contribution >= 4 is 11.3 Å². The largest absolute Gasteiger partial charge is 0.329 e.